The minimum absolute atomic E-state index is 0.115. The Hall–Kier alpha value is -3.97. The maximum absolute atomic E-state index is 13.7. The minimum Gasteiger partial charge on any atom is -0.497 e. The summed E-state index contributed by atoms with van der Waals surface area (Å²) in [4.78, 5) is 15.6. The summed E-state index contributed by atoms with van der Waals surface area (Å²) >= 11 is 6.14. The second kappa shape index (κ2) is 10.6. The van der Waals surface area contributed by atoms with E-state index in [0.29, 0.717) is 47.7 Å². The summed E-state index contributed by atoms with van der Waals surface area (Å²) < 4.78 is 17.0. The molecule has 2 heterocycles. The monoisotopic (exact) mass is 517 g/mol. The van der Waals surface area contributed by atoms with Gasteiger partial charge in [-0.1, -0.05) is 41.9 Å². The average molecular weight is 518 g/mol. The number of carbonyl (C=O) groups is 1. The van der Waals surface area contributed by atoms with Gasteiger partial charge in [0, 0.05) is 22.7 Å². The number of carbonyl (C=O) groups excluding carboxylic acids is 1. The predicted octanol–water partition coefficient (Wildman–Crippen LogP) is 6.28. The highest BCUT2D eigenvalue weighted by atomic mass is 35.5. The van der Waals surface area contributed by atoms with E-state index in [1.807, 2.05) is 85.5 Å². The Balaban J connectivity index is 1.63. The molecule has 1 N–H and O–H groups in total. The summed E-state index contributed by atoms with van der Waals surface area (Å²) in [7, 11) is 1.63. The molecular weight excluding hydrogens is 490 g/mol. The second-order valence-electron chi connectivity index (χ2n) is 8.62. The highest BCUT2D eigenvalue weighted by Gasteiger charge is 2.42. The number of H-pyrrole nitrogens is 1. The van der Waals surface area contributed by atoms with Crippen molar-refractivity contribution in [3.8, 4) is 28.5 Å². The van der Waals surface area contributed by atoms with Crippen LogP contribution in [0, 0.1) is 0 Å². The summed E-state index contributed by atoms with van der Waals surface area (Å²) in [6.45, 7) is 5.30. The topological polar surface area (TPSA) is 76.7 Å². The fraction of sp³-hybridized carbons (Fsp3) is 0.241. The highest BCUT2D eigenvalue weighted by molar-refractivity contribution is 6.30. The van der Waals surface area contributed by atoms with Crippen molar-refractivity contribution >= 4 is 17.5 Å². The zero-order valence-electron chi connectivity index (χ0n) is 21.0. The lowest BCUT2D eigenvalue weighted by Gasteiger charge is -2.27. The molecule has 3 aromatic carbocycles. The van der Waals surface area contributed by atoms with Gasteiger partial charge < -0.3 is 19.1 Å². The number of hydrogen-bond donors (Lipinski definition) is 1. The quantitative estimate of drug-likeness (QED) is 0.282. The van der Waals surface area contributed by atoms with Gasteiger partial charge >= 0.3 is 0 Å². The van der Waals surface area contributed by atoms with Crippen LogP contribution in [0.4, 0.5) is 0 Å². The maximum atomic E-state index is 13.7. The summed E-state index contributed by atoms with van der Waals surface area (Å²) in [6.07, 6.45) is 0. The van der Waals surface area contributed by atoms with Crippen LogP contribution in [0.5, 0.6) is 17.2 Å². The number of halogens is 1. The molecular formula is C29H28ClN3O4. The Kier molecular flexibility index (Phi) is 7.06. The molecule has 1 amide bonds. The van der Waals surface area contributed by atoms with E-state index in [-0.39, 0.29) is 11.9 Å². The number of hydrogen-bond acceptors (Lipinski definition) is 5. The largest absolute Gasteiger partial charge is 0.497 e. The van der Waals surface area contributed by atoms with Gasteiger partial charge in [-0.15, -0.1) is 0 Å². The molecule has 0 fully saturated rings. The van der Waals surface area contributed by atoms with E-state index >= 15 is 0 Å². The number of amides is 1. The Bertz CT molecular complexity index is 1400. The van der Waals surface area contributed by atoms with Crippen LogP contribution in [0.25, 0.3) is 11.3 Å². The fourth-order valence-corrected chi connectivity index (χ4v) is 4.83. The van der Waals surface area contributed by atoms with Crippen LogP contribution in [-0.2, 0) is 6.54 Å². The summed E-state index contributed by atoms with van der Waals surface area (Å²) in [5.41, 5.74) is 4.80. The van der Waals surface area contributed by atoms with Crippen molar-refractivity contribution in [1.82, 2.24) is 15.1 Å². The molecule has 1 aliphatic rings. The van der Waals surface area contributed by atoms with E-state index in [9.17, 15) is 4.79 Å². The van der Waals surface area contributed by atoms with Crippen LogP contribution in [0.15, 0.2) is 66.7 Å². The average Bonchev–Trinajstić information content (AvgIpc) is 3.45. The minimum atomic E-state index is -0.385. The Morgan fingerprint density at radius 2 is 1.65 bits per heavy atom. The SMILES string of the molecule is CCOc1ccc(C2c3c(-c4ccc(Cl)cc4)n[nH]c3C(=O)N2Cc2ccc(OC)cc2)cc1OCC. The summed E-state index contributed by atoms with van der Waals surface area (Å²) in [5, 5.41) is 8.19. The molecule has 0 saturated carbocycles. The first-order valence-electron chi connectivity index (χ1n) is 12.2. The molecule has 5 rings (SSSR count). The molecule has 1 aromatic heterocycles. The predicted molar refractivity (Wildman–Crippen MR) is 143 cm³/mol. The number of methoxy groups -OCH3 is 1. The molecule has 0 radical (unpaired) electrons. The van der Waals surface area contributed by atoms with Gasteiger partial charge in [0.15, 0.2) is 11.5 Å². The molecule has 0 spiro atoms. The second-order valence-corrected chi connectivity index (χ2v) is 9.06. The van der Waals surface area contributed by atoms with E-state index in [1.165, 1.54) is 0 Å². The number of nitrogens with one attached hydrogen (secondary N) is 1. The van der Waals surface area contributed by atoms with Crippen molar-refractivity contribution < 1.29 is 19.0 Å². The summed E-state index contributed by atoms with van der Waals surface area (Å²) in [5.74, 6) is 1.96. The fourth-order valence-electron chi connectivity index (χ4n) is 4.70. The Morgan fingerprint density at radius 3 is 2.32 bits per heavy atom. The Labute approximate surface area is 220 Å². The smallest absolute Gasteiger partial charge is 0.273 e. The normalized spacial score (nSPS) is 14.5. The van der Waals surface area contributed by atoms with Crippen LogP contribution in [0.2, 0.25) is 5.02 Å². The summed E-state index contributed by atoms with van der Waals surface area (Å²) in [6, 6.07) is 20.7. The molecule has 0 saturated heterocycles. The van der Waals surface area contributed by atoms with Crippen molar-refractivity contribution in [1.29, 1.82) is 0 Å². The molecule has 0 aliphatic carbocycles. The van der Waals surface area contributed by atoms with Gasteiger partial charge in [0.05, 0.1) is 32.1 Å². The van der Waals surface area contributed by atoms with Gasteiger partial charge in [0.1, 0.15) is 11.4 Å². The maximum Gasteiger partial charge on any atom is 0.273 e. The van der Waals surface area contributed by atoms with Crippen molar-refractivity contribution in [3.05, 3.63) is 94.1 Å². The molecule has 1 aliphatic heterocycles. The van der Waals surface area contributed by atoms with Gasteiger partial charge in [-0.25, -0.2) is 0 Å². The lowest BCUT2D eigenvalue weighted by atomic mass is 9.95. The molecule has 1 unspecified atom stereocenters. The third-order valence-corrected chi connectivity index (χ3v) is 6.63. The third kappa shape index (κ3) is 4.74. The number of aromatic nitrogens is 2. The standard InChI is InChI=1S/C29H28ClN3O4/c1-4-36-23-15-10-20(16-24(23)37-5-2)28-25-26(19-8-11-21(30)12-9-19)31-32-27(25)29(34)33(28)17-18-6-13-22(35-3)14-7-18/h6-16,28H,4-5,17H2,1-3H3,(H,31,32). The van der Waals surface area contributed by atoms with Gasteiger partial charge in [-0.05, 0) is 61.4 Å². The van der Waals surface area contributed by atoms with Gasteiger partial charge in [0.2, 0.25) is 0 Å². The lowest BCUT2D eigenvalue weighted by molar-refractivity contribution is 0.0729. The van der Waals surface area contributed by atoms with Crippen LogP contribution >= 0.6 is 11.6 Å². The van der Waals surface area contributed by atoms with Crippen molar-refractivity contribution in [2.45, 2.75) is 26.4 Å². The number of fused-ring (bicyclic) bond motifs is 1. The van der Waals surface area contributed by atoms with Gasteiger partial charge in [0.25, 0.3) is 5.91 Å². The zero-order chi connectivity index (χ0) is 25.9. The first kappa shape index (κ1) is 24.7. The van der Waals surface area contributed by atoms with E-state index in [0.717, 1.165) is 28.0 Å². The van der Waals surface area contributed by atoms with Crippen LogP contribution < -0.4 is 14.2 Å². The van der Waals surface area contributed by atoms with Crippen LogP contribution in [0.3, 0.4) is 0 Å². The van der Waals surface area contributed by atoms with E-state index < -0.39 is 0 Å². The molecule has 0 bridgehead atoms. The molecule has 8 heteroatoms. The number of benzene rings is 3. The third-order valence-electron chi connectivity index (χ3n) is 6.38. The van der Waals surface area contributed by atoms with E-state index in [4.69, 9.17) is 25.8 Å². The molecule has 37 heavy (non-hydrogen) atoms. The lowest BCUT2D eigenvalue weighted by Crippen LogP contribution is -2.29. The van der Waals surface area contributed by atoms with Crippen LogP contribution in [-0.4, -0.2) is 41.3 Å². The number of nitrogens with zero attached hydrogens (tertiary/aromatic N) is 2. The first-order valence-corrected chi connectivity index (χ1v) is 12.6. The number of aromatic amines is 1. The molecule has 190 valence electrons. The number of ether oxygens (including phenoxy) is 3. The van der Waals surface area contributed by atoms with Crippen molar-refractivity contribution in [2.24, 2.45) is 0 Å². The van der Waals surface area contributed by atoms with Crippen LogP contribution in [0.1, 0.15) is 47.1 Å². The van der Waals surface area contributed by atoms with Crippen molar-refractivity contribution in [2.75, 3.05) is 20.3 Å². The molecule has 1 atom stereocenters. The van der Waals surface area contributed by atoms with Gasteiger partial charge in [-0.3, -0.25) is 9.89 Å². The highest BCUT2D eigenvalue weighted by Crippen LogP contribution is 2.45. The van der Waals surface area contributed by atoms with E-state index in [1.54, 1.807) is 7.11 Å². The molecule has 4 aromatic rings. The van der Waals surface area contributed by atoms with Gasteiger partial charge in [-0.2, -0.15) is 5.10 Å². The van der Waals surface area contributed by atoms with Crippen molar-refractivity contribution in [3.63, 3.8) is 0 Å². The van der Waals surface area contributed by atoms with E-state index in [2.05, 4.69) is 10.2 Å². The first-order chi connectivity index (χ1) is 18.0. The number of rotatable bonds is 9. The Morgan fingerprint density at radius 1 is 0.946 bits per heavy atom. The molecule has 7 nitrogen and oxygen atoms in total. The zero-order valence-corrected chi connectivity index (χ0v) is 21.7.